The maximum Gasteiger partial charge on any atom is 0.260 e. The zero-order valence-electron chi connectivity index (χ0n) is 14.0. The number of ether oxygens (including phenoxy) is 1. The molecule has 24 heavy (non-hydrogen) atoms. The first-order valence-corrected chi connectivity index (χ1v) is 8.53. The van der Waals surface area contributed by atoms with Crippen molar-refractivity contribution in [3.05, 3.63) is 40.3 Å². The summed E-state index contributed by atoms with van der Waals surface area (Å²) in [4.78, 5) is 29.3. The number of aryl methyl sites for hydroxylation is 1. The smallest absolute Gasteiger partial charge is 0.260 e. The molecule has 0 aliphatic rings. The van der Waals surface area contributed by atoms with Crippen LogP contribution < -0.4 is 10.1 Å². The van der Waals surface area contributed by atoms with Gasteiger partial charge in [-0.25, -0.2) is 4.98 Å². The molecule has 0 aliphatic carbocycles. The predicted octanol–water partition coefficient (Wildman–Crippen LogP) is 2.84. The lowest BCUT2D eigenvalue weighted by Crippen LogP contribution is -2.31. The summed E-state index contributed by atoms with van der Waals surface area (Å²) in [6, 6.07) is 6.94. The summed E-state index contributed by atoms with van der Waals surface area (Å²) in [5.41, 5.74) is 1.58. The zero-order valence-corrected chi connectivity index (χ0v) is 14.9. The number of rotatable bonds is 7. The van der Waals surface area contributed by atoms with E-state index in [2.05, 4.69) is 10.3 Å². The Morgan fingerprint density at radius 3 is 2.58 bits per heavy atom. The van der Waals surface area contributed by atoms with Crippen LogP contribution in [0.2, 0.25) is 0 Å². The van der Waals surface area contributed by atoms with Gasteiger partial charge in [0.15, 0.2) is 6.61 Å². The molecular weight excluding hydrogens is 326 g/mol. The van der Waals surface area contributed by atoms with Crippen LogP contribution in [0.4, 0.5) is 5.69 Å². The molecule has 1 aromatic heterocycles. The van der Waals surface area contributed by atoms with Gasteiger partial charge in [-0.1, -0.05) is 6.92 Å². The first-order chi connectivity index (χ1) is 11.5. The number of carbonyl (C=O) groups excluding carboxylic acids is 2. The molecule has 1 heterocycles. The summed E-state index contributed by atoms with van der Waals surface area (Å²) in [6.45, 7) is 4.16. The highest BCUT2D eigenvalue weighted by atomic mass is 32.1. The molecule has 0 saturated heterocycles. The van der Waals surface area contributed by atoms with Crippen LogP contribution in [0.5, 0.6) is 5.75 Å². The Bertz CT molecular complexity index is 697. The number of nitrogens with zero attached hydrogens (tertiary/aromatic N) is 2. The number of amides is 2. The molecule has 0 radical (unpaired) electrons. The van der Waals surface area contributed by atoms with E-state index < -0.39 is 0 Å². The van der Waals surface area contributed by atoms with Crippen molar-refractivity contribution < 1.29 is 14.3 Å². The van der Waals surface area contributed by atoms with Gasteiger partial charge in [-0.2, -0.15) is 0 Å². The topological polar surface area (TPSA) is 71.5 Å². The fourth-order valence-corrected chi connectivity index (χ4v) is 2.55. The minimum absolute atomic E-state index is 0.0414. The quantitative estimate of drug-likeness (QED) is 0.836. The number of nitrogens with one attached hydrogen (secondary N) is 1. The van der Waals surface area contributed by atoms with Gasteiger partial charge in [-0.3, -0.25) is 9.59 Å². The van der Waals surface area contributed by atoms with Gasteiger partial charge in [0.25, 0.3) is 5.91 Å². The third kappa shape index (κ3) is 5.34. The Balaban J connectivity index is 1.81. The number of benzene rings is 1. The highest BCUT2D eigenvalue weighted by Gasteiger charge is 2.12. The third-order valence-electron chi connectivity index (χ3n) is 3.31. The lowest BCUT2D eigenvalue weighted by molar-refractivity contribution is -0.132. The van der Waals surface area contributed by atoms with E-state index in [-0.39, 0.29) is 18.4 Å². The van der Waals surface area contributed by atoms with Crippen molar-refractivity contribution in [1.29, 1.82) is 0 Å². The van der Waals surface area contributed by atoms with Crippen molar-refractivity contribution in [2.45, 2.75) is 26.8 Å². The van der Waals surface area contributed by atoms with Crippen LogP contribution in [0, 0.1) is 6.92 Å². The average molecular weight is 347 g/mol. The second-order valence-corrected chi connectivity index (χ2v) is 6.38. The minimum Gasteiger partial charge on any atom is -0.484 e. The van der Waals surface area contributed by atoms with Gasteiger partial charge in [0.05, 0.1) is 17.2 Å². The van der Waals surface area contributed by atoms with Crippen molar-refractivity contribution >= 4 is 28.8 Å². The normalized spacial score (nSPS) is 10.3. The van der Waals surface area contributed by atoms with E-state index in [1.54, 1.807) is 54.5 Å². The summed E-state index contributed by atoms with van der Waals surface area (Å²) < 4.78 is 5.50. The zero-order chi connectivity index (χ0) is 17.5. The largest absolute Gasteiger partial charge is 0.484 e. The first kappa shape index (κ1) is 17.9. The summed E-state index contributed by atoms with van der Waals surface area (Å²) in [7, 11) is 1.73. The Hall–Kier alpha value is -2.41. The fourth-order valence-electron chi connectivity index (χ4n) is 1.95. The van der Waals surface area contributed by atoms with E-state index in [0.29, 0.717) is 24.4 Å². The molecule has 0 bridgehead atoms. The van der Waals surface area contributed by atoms with Crippen LogP contribution in [0.1, 0.15) is 24.0 Å². The number of anilines is 1. The number of likely N-dealkylation sites (N-methyl/N-ethyl adjacent to an activating group) is 1. The summed E-state index contributed by atoms with van der Waals surface area (Å²) >= 11 is 1.57. The highest BCUT2D eigenvalue weighted by molar-refractivity contribution is 7.09. The molecule has 7 heteroatoms. The summed E-state index contributed by atoms with van der Waals surface area (Å²) in [5, 5.41) is 5.69. The Morgan fingerprint density at radius 2 is 2.00 bits per heavy atom. The number of hydrogen-bond acceptors (Lipinski definition) is 5. The maximum absolute atomic E-state index is 12.1. The number of thiazole rings is 1. The predicted molar refractivity (Wildman–Crippen MR) is 94.2 cm³/mol. The Morgan fingerprint density at radius 1 is 1.29 bits per heavy atom. The van der Waals surface area contributed by atoms with Crippen LogP contribution in [-0.4, -0.2) is 35.4 Å². The van der Waals surface area contributed by atoms with E-state index in [9.17, 15) is 9.59 Å². The standard InChI is InChI=1S/C17H21N3O3S/c1-4-16(21)19-13-5-7-15(8-6-13)23-10-17(22)20(3)9-14-11-24-12(2)18-14/h5-8,11H,4,9-10H2,1-3H3,(H,19,21). The van der Waals surface area contributed by atoms with Crippen LogP contribution in [0.15, 0.2) is 29.6 Å². The van der Waals surface area contributed by atoms with Crippen LogP contribution in [0.25, 0.3) is 0 Å². The van der Waals surface area contributed by atoms with E-state index in [1.807, 2.05) is 12.3 Å². The molecule has 0 spiro atoms. The van der Waals surface area contributed by atoms with Gasteiger partial charge < -0.3 is 15.0 Å². The molecule has 1 aromatic carbocycles. The molecule has 0 aliphatic heterocycles. The van der Waals surface area contributed by atoms with E-state index in [4.69, 9.17) is 4.74 Å². The molecule has 0 fully saturated rings. The second-order valence-electron chi connectivity index (χ2n) is 5.32. The lowest BCUT2D eigenvalue weighted by Gasteiger charge is -2.16. The monoisotopic (exact) mass is 347 g/mol. The molecule has 0 saturated carbocycles. The van der Waals surface area contributed by atoms with E-state index in [0.717, 1.165) is 10.7 Å². The molecular formula is C17H21N3O3S. The highest BCUT2D eigenvalue weighted by Crippen LogP contribution is 2.16. The van der Waals surface area contributed by atoms with Crippen molar-refractivity contribution in [2.75, 3.05) is 19.0 Å². The molecule has 0 unspecified atom stereocenters. The van der Waals surface area contributed by atoms with Gasteiger partial charge in [0.1, 0.15) is 5.75 Å². The molecule has 2 aromatic rings. The Labute approximate surface area is 145 Å². The number of aromatic nitrogens is 1. The Kier molecular flexibility index (Phi) is 6.31. The van der Waals surface area contributed by atoms with Crippen molar-refractivity contribution in [1.82, 2.24) is 9.88 Å². The van der Waals surface area contributed by atoms with Gasteiger partial charge in [0, 0.05) is 24.5 Å². The van der Waals surface area contributed by atoms with Crippen LogP contribution in [0.3, 0.4) is 0 Å². The molecule has 128 valence electrons. The molecule has 6 nitrogen and oxygen atoms in total. The first-order valence-electron chi connectivity index (χ1n) is 7.65. The van der Waals surface area contributed by atoms with Crippen LogP contribution >= 0.6 is 11.3 Å². The molecule has 2 rings (SSSR count). The van der Waals surface area contributed by atoms with Gasteiger partial charge in [-0.15, -0.1) is 11.3 Å². The van der Waals surface area contributed by atoms with Crippen LogP contribution in [-0.2, 0) is 16.1 Å². The summed E-state index contributed by atoms with van der Waals surface area (Å²) in [6.07, 6.45) is 0.428. The minimum atomic E-state index is -0.121. The second kappa shape index (κ2) is 8.44. The van der Waals surface area contributed by atoms with Crippen molar-refractivity contribution in [3.8, 4) is 5.75 Å². The average Bonchev–Trinajstić information content (AvgIpc) is 2.98. The fraction of sp³-hybridized carbons (Fsp3) is 0.353. The molecule has 2 amide bonds. The van der Waals surface area contributed by atoms with Crippen molar-refractivity contribution in [2.24, 2.45) is 0 Å². The lowest BCUT2D eigenvalue weighted by atomic mass is 10.3. The van der Waals surface area contributed by atoms with Crippen molar-refractivity contribution in [3.63, 3.8) is 0 Å². The van der Waals surface area contributed by atoms with Gasteiger partial charge >= 0.3 is 0 Å². The van der Waals surface area contributed by atoms with E-state index in [1.165, 1.54) is 0 Å². The number of hydrogen-bond donors (Lipinski definition) is 1. The van der Waals surface area contributed by atoms with E-state index >= 15 is 0 Å². The maximum atomic E-state index is 12.1. The van der Waals surface area contributed by atoms with Gasteiger partial charge in [-0.05, 0) is 31.2 Å². The molecule has 0 atom stereocenters. The third-order valence-corrected chi connectivity index (χ3v) is 4.14. The number of carbonyl (C=O) groups is 2. The summed E-state index contributed by atoms with van der Waals surface area (Å²) in [5.74, 6) is 0.414. The SMILES string of the molecule is CCC(=O)Nc1ccc(OCC(=O)N(C)Cc2csc(C)n2)cc1. The molecule has 1 N–H and O–H groups in total. The van der Waals surface area contributed by atoms with Gasteiger partial charge in [0.2, 0.25) is 5.91 Å².